The van der Waals surface area contributed by atoms with E-state index in [4.69, 9.17) is 27.3 Å². The van der Waals surface area contributed by atoms with Gasteiger partial charge in [0.1, 0.15) is 0 Å². The Hall–Kier alpha value is 0.0900. The fourth-order valence-electron chi connectivity index (χ4n) is 1.05. The predicted octanol–water partition coefficient (Wildman–Crippen LogP) is 1.07. The third-order valence-electron chi connectivity index (χ3n) is 1.81. The van der Waals surface area contributed by atoms with Crippen LogP contribution in [-0.2, 0) is 20.9 Å². The summed E-state index contributed by atoms with van der Waals surface area (Å²) in [6.07, 6.45) is 5.28. The first-order valence-corrected chi connectivity index (χ1v) is 6.19. The van der Waals surface area contributed by atoms with E-state index in [9.17, 15) is 0 Å². The van der Waals surface area contributed by atoms with Gasteiger partial charge in [-0.15, -0.1) is 6.42 Å². The van der Waals surface area contributed by atoms with Crippen LogP contribution in [-0.4, -0.2) is 32.0 Å². The van der Waals surface area contributed by atoms with Gasteiger partial charge in [0.2, 0.25) is 0 Å². The SMILES string of the molecule is C#CC1COP(=S)(OC)N(C)C1. The van der Waals surface area contributed by atoms with E-state index in [-0.39, 0.29) is 5.92 Å². The molecule has 2 unspecified atom stereocenters. The average molecular weight is 205 g/mol. The lowest BCUT2D eigenvalue weighted by Gasteiger charge is -2.36. The van der Waals surface area contributed by atoms with Crippen molar-refractivity contribution in [2.45, 2.75) is 0 Å². The lowest BCUT2D eigenvalue weighted by Crippen LogP contribution is -2.32. The summed E-state index contributed by atoms with van der Waals surface area (Å²) in [5.41, 5.74) is 0. The molecule has 68 valence electrons. The highest BCUT2D eigenvalue weighted by atomic mass is 32.5. The van der Waals surface area contributed by atoms with Crippen LogP contribution in [0.1, 0.15) is 0 Å². The minimum atomic E-state index is -2.16. The molecular weight excluding hydrogens is 193 g/mol. The molecule has 0 aliphatic carbocycles. The van der Waals surface area contributed by atoms with Crippen molar-refractivity contribution in [2.24, 2.45) is 5.92 Å². The average Bonchev–Trinajstić information content (AvgIpc) is 2.10. The minimum absolute atomic E-state index is 0.140. The van der Waals surface area contributed by atoms with Gasteiger partial charge in [0.15, 0.2) is 0 Å². The fraction of sp³-hybridized carbons (Fsp3) is 0.714. The molecule has 0 N–H and O–H groups in total. The lowest BCUT2D eigenvalue weighted by atomic mass is 10.2. The molecule has 1 saturated heterocycles. The molecule has 0 aromatic carbocycles. The quantitative estimate of drug-likeness (QED) is 0.471. The van der Waals surface area contributed by atoms with Gasteiger partial charge in [-0.1, -0.05) is 5.92 Å². The fourth-order valence-corrected chi connectivity index (χ4v) is 2.78. The summed E-state index contributed by atoms with van der Waals surface area (Å²) in [7, 11) is 3.46. The molecule has 2 atom stereocenters. The maximum absolute atomic E-state index is 5.42. The molecule has 3 nitrogen and oxygen atoms in total. The lowest BCUT2D eigenvalue weighted by molar-refractivity contribution is 0.171. The maximum atomic E-state index is 5.42. The van der Waals surface area contributed by atoms with Crippen LogP contribution in [0.4, 0.5) is 0 Å². The van der Waals surface area contributed by atoms with Gasteiger partial charge in [0, 0.05) is 13.7 Å². The van der Waals surface area contributed by atoms with Gasteiger partial charge in [-0.25, -0.2) is 4.67 Å². The monoisotopic (exact) mass is 205 g/mol. The van der Waals surface area contributed by atoms with Crippen molar-refractivity contribution in [3.63, 3.8) is 0 Å². The highest BCUT2D eigenvalue weighted by Crippen LogP contribution is 2.53. The van der Waals surface area contributed by atoms with Crippen LogP contribution in [0.3, 0.4) is 0 Å². The third-order valence-corrected chi connectivity index (χ3v) is 5.34. The Labute approximate surface area is 78.3 Å². The van der Waals surface area contributed by atoms with E-state index in [2.05, 4.69) is 5.92 Å². The highest BCUT2D eigenvalue weighted by Gasteiger charge is 2.31. The summed E-state index contributed by atoms with van der Waals surface area (Å²) >= 11 is 5.20. The van der Waals surface area contributed by atoms with E-state index in [0.29, 0.717) is 6.61 Å². The molecular formula is C7H12NO2PS. The van der Waals surface area contributed by atoms with Gasteiger partial charge in [-0.2, -0.15) is 0 Å². The molecule has 1 fully saturated rings. The Morgan fingerprint density at radius 3 is 2.92 bits per heavy atom. The molecule has 0 spiro atoms. The van der Waals surface area contributed by atoms with Crippen LogP contribution >= 0.6 is 6.64 Å². The first kappa shape index (κ1) is 10.2. The van der Waals surface area contributed by atoms with Crippen molar-refractivity contribution < 1.29 is 9.05 Å². The van der Waals surface area contributed by atoms with Gasteiger partial charge < -0.3 is 9.05 Å². The zero-order valence-electron chi connectivity index (χ0n) is 7.19. The Morgan fingerprint density at radius 2 is 2.50 bits per heavy atom. The van der Waals surface area contributed by atoms with E-state index in [1.165, 1.54) is 0 Å². The van der Waals surface area contributed by atoms with E-state index >= 15 is 0 Å². The Kier molecular flexibility index (Phi) is 3.28. The second kappa shape index (κ2) is 3.87. The van der Waals surface area contributed by atoms with Crippen LogP contribution in [0.5, 0.6) is 0 Å². The molecule has 0 saturated carbocycles. The van der Waals surface area contributed by atoms with Crippen LogP contribution in [0.25, 0.3) is 0 Å². The van der Waals surface area contributed by atoms with E-state index < -0.39 is 6.64 Å². The minimum Gasteiger partial charge on any atom is -0.321 e. The zero-order valence-corrected chi connectivity index (χ0v) is 8.90. The molecule has 0 bridgehead atoms. The summed E-state index contributed by atoms with van der Waals surface area (Å²) in [6, 6.07) is 0. The summed E-state index contributed by atoms with van der Waals surface area (Å²) in [5, 5.41) is 0. The maximum Gasteiger partial charge on any atom is 0.263 e. The highest BCUT2D eigenvalue weighted by molar-refractivity contribution is 8.08. The molecule has 0 aromatic rings. The number of nitrogens with zero attached hydrogens (tertiary/aromatic N) is 1. The molecule has 0 radical (unpaired) electrons. The molecule has 0 amide bonds. The first-order chi connectivity index (χ1) is 5.62. The third kappa shape index (κ3) is 1.87. The first-order valence-electron chi connectivity index (χ1n) is 3.60. The van der Waals surface area contributed by atoms with E-state index in [1.807, 2.05) is 11.7 Å². The van der Waals surface area contributed by atoms with Crippen molar-refractivity contribution in [3.8, 4) is 12.3 Å². The number of hydrogen-bond acceptors (Lipinski definition) is 3. The van der Waals surface area contributed by atoms with Crippen molar-refractivity contribution in [2.75, 3.05) is 27.3 Å². The van der Waals surface area contributed by atoms with Crippen LogP contribution in [0.15, 0.2) is 0 Å². The smallest absolute Gasteiger partial charge is 0.263 e. The summed E-state index contributed by atoms with van der Waals surface area (Å²) in [4.78, 5) is 0. The van der Waals surface area contributed by atoms with E-state index in [1.54, 1.807) is 7.11 Å². The molecule has 1 heterocycles. The van der Waals surface area contributed by atoms with Crippen molar-refractivity contribution >= 4 is 18.4 Å². The van der Waals surface area contributed by atoms with E-state index in [0.717, 1.165) is 6.54 Å². The molecule has 1 rings (SSSR count). The Balaban J connectivity index is 2.67. The van der Waals surface area contributed by atoms with Crippen LogP contribution < -0.4 is 0 Å². The van der Waals surface area contributed by atoms with Gasteiger partial charge in [-0.05, 0) is 18.9 Å². The summed E-state index contributed by atoms with van der Waals surface area (Å²) < 4.78 is 12.5. The summed E-state index contributed by atoms with van der Waals surface area (Å²) in [5.74, 6) is 2.79. The molecule has 5 heteroatoms. The number of rotatable bonds is 1. The second-order valence-electron chi connectivity index (χ2n) is 2.65. The van der Waals surface area contributed by atoms with Crippen LogP contribution in [0.2, 0.25) is 0 Å². The normalized spacial score (nSPS) is 37.6. The molecule has 1 aliphatic heterocycles. The van der Waals surface area contributed by atoms with Gasteiger partial charge in [0.05, 0.1) is 12.5 Å². The van der Waals surface area contributed by atoms with Crippen LogP contribution in [0, 0.1) is 18.3 Å². The number of terminal acetylenes is 1. The van der Waals surface area contributed by atoms with Crippen molar-refractivity contribution in [3.05, 3.63) is 0 Å². The Bertz CT molecular complexity index is 250. The van der Waals surface area contributed by atoms with Crippen molar-refractivity contribution in [1.82, 2.24) is 4.67 Å². The summed E-state index contributed by atoms with van der Waals surface area (Å²) in [6.45, 7) is -0.880. The Morgan fingerprint density at radius 1 is 1.83 bits per heavy atom. The number of hydrogen-bond donors (Lipinski definition) is 0. The second-order valence-corrected chi connectivity index (χ2v) is 6.28. The predicted molar refractivity (Wildman–Crippen MR) is 52.2 cm³/mol. The molecule has 1 aliphatic rings. The van der Waals surface area contributed by atoms with Gasteiger partial charge in [0.25, 0.3) is 6.64 Å². The largest absolute Gasteiger partial charge is 0.321 e. The van der Waals surface area contributed by atoms with Gasteiger partial charge >= 0.3 is 0 Å². The molecule has 0 aromatic heterocycles. The topological polar surface area (TPSA) is 21.7 Å². The van der Waals surface area contributed by atoms with Gasteiger partial charge in [-0.3, -0.25) is 0 Å². The molecule has 12 heavy (non-hydrogen) atoms. The van der Waals surface area contributed by atoms with Crippen molar-refractivity contribution in [1.29, 1.82) is 0 Å². The standard InChI is InChI=1S/C7H12NO2PS/c1-4-7-5-8(2)11(12,9-3)10-6-7/h1,7H,5-6H2,2-3H3. The zero-order chi connectivity index (χ0) is 9.19.